The van der Waals surface area contributed by atoms with Crippen LogP contribution >= 0.6 is 0 Å². The Morgan fingerprint density at radius 2 is 1.34 bits per heavy atom. The monoisotopic (exact) mass is 474 g/mol. The van der Waals surface area contributed by atoms with Crippen LogP contribution in [0.15, 0.2) is 76.8 Å². The molecule has 1 aliphatic rings. The van der Waals surface area contributed by atoms with Gasteiger partial charge < -0.3 is 9.08 Å². The fourth-order valence-electron chi connectivity index (χ4n) is 3.28. The molecule has 0 unspecified atom stereocenters. The predicted octanol–water partition coefficient (Wildman–Crippen LogP) is 2.06. The molecule has 1 aromatic heterocycles. The molecule has 1 fully saturated rings. The molecule has 2 aromatic carbocycles. The third-order valence-corrected chi connectivity index (χ3v) is 8.22. The zero-order chi connectivity index (χ0) is 22.8. The summed E-state index contributed by atoms with van der Waals surface area (Å²) in [6.07, 6.45) is 3.29. The molecular weight excluding hydrogens is 452 g/mol. The minimum Gasteiger partial charge on any atom is -0.379 e. The van der Waals surface area contributed by atoms with E-state index in [0.717, 1.165) is 5.56 Å². The molecule has 9 nitrogen and oxygen atoms in total. The maximum Gasteiger partial charge on any atom is 0.339 e. The average Bonchev–Trinajstić information content (AvgIpc) is 2.80. The van der Waals surface area contributed by atoms with Crippen molar-refractivity contribution >= 4 is 26.1 Å². The van der Waals surface area contributed by atoms with Gasteiger partial charge in [0.25, 0.3) is 0 Å². The van der Waals surface area contributed by atoms with Gasteiger partial charge in [-0.25, -0.2) is 18.4 Å². The number of sulfonamides is 1. The summed E-state index contributed by atoms with van der Waals surface area (Å²) in [5.41, 5.74) is 0.927. The smallest absolute Gasteiger partial charge is 0.339 e. The van der Waals surface area contributed by atoms with Crippen molar-refractivity contribution in [1.29, 1.82) is 0 Å². The Morgan fingerprint density at radius 1 is 0.781 bits per heavy atom. The van der Waals surface area contributed by atoms with Gasteiger partial charge in [0.05, 0.1) is 4.90 Å². The van der Waals surface area contributed by atoms with E-state index in [0.29, 0.717) is 32.1 Å². The van der Waals surface area contributed by atoms with Crippen molar-refractivity contribution in [2.75, 3.05) is 31.1 Å². The van der Waals surface area contributed by atoms with Crippen LogP contribution in [0.3, 0.4) is 0 Å². The third-order valence-electron chi connectivity index (χ3n) is 5.05. The Bertz CT molecular complexity index is 1270. The van der Waals surface area contributed by atoms with Crippen LogP contribution in [0.5, 0.6) is 5.75 Å². The molecule has 32 heavy (non-hydrogen) atoms. The number of hydrogen-bond donors (Lipinski definition) is 0. The first kappa shape index (κ1) is 22.2. The van der Waals surface area contributed by atoms with Crippen molar-refractivity contribution in [1.82, 2.24) is 14.3 Å². The summed E-state index contributed by atoms with van der Waals surface area (Å²) in [6, 6.07) is 13.4. The summed E-state index contributed by atoms with van der Waals surface area (Å²) < 4.78 is 57.4. The lowest BCUT2D eigenvalue weighted by molar-refractivity contribution is 0.382. The molecule has 11 heteroatoms. The first-order chi connectivity index (χ1) is 15.3. The van der Waals surface area contributed by atoms with Gasteiger partial charge >= 0.3 is 10.1 Å². The molecule has 0 saturated carbocycles. The van der Waals surface area contributed by atoms with Gasteiger partial charge in [0.1, 0.15) is 10.6 Å². The van der Waals surface area contributed by atoms with Crippen LogP contribution in [0.25, 0.3) is 0 Å². The molecule has 1 aliphatic heterocycles. The first-order valence-corrected chi connectivity index (χ1v) is 12.7. The molecule has 0 spiro atoms. The van der Waals surface area contributed by atoms with Crippen LogP contribution in [0.2, 0.25) is 0 Å². The van der Waals surface area contributed by atoms with Crippen LogP contribution in [0, 0.1) is 6.92 Å². The van der Waals surface area contributed by atoms with Crippen LogP contribution in [-0.4, -0.2) is 57.3 Å². The van der Waals surface area contributed by atoms with Crippen molar-refractivity contribution in [3.63, 3.8) is 0 Å². The molecule has 4 rings (SSSR count). The second kappa shape index (κ2) is 8.85. The van der Waals surface area contributed by atoms with Gasteiger partial charge in [0, 0.05) is 38.6 Å². The molecule has 0 bridgehead atoms. The van der Waals surface area contributed by atoms with E-state index in [-0.39, 0.29) is 15.5 Å². The Hall–Kier alpha value is -3.02. The van der Waals surface area contributed by atoms with E-state index < -0.39 is 20.1 Å². The van der Waals surface area contributed by atoms with Gasteiger partial charge in [-0.1, -0.05) is 17.7 Å². The highest BCUT2D eigenvalue weighted by Crippen LogP contribution is 2.24. The number of nitrogens with zero attached hydrogens (tertiary/aromatic N) is 4. The van der Waals surface area contributed by atoms with Crippen LogP contribution in [0.4, 0.5) is 5.95 Å². The second-order valence-electron chi connectivity index (χ2n) is 7.26. The number of aromatic nitrogens is 2. The number of hydrogen-bond acceptors (Lipinski definition) is 8. The molecule has 1 saturated heterocycles. The lowest BCUT2D eigenvalue weighted by atomic mass is 10.2. The zero-order valence-electron chi connectivity index (χ0n) is 17.3. The zero-order valence-corrected chi connectivity index (χ0v) is 19.0. The molecule has 0 radical (unpaired) electrons. The molecule has 0 N–H and O–H groups in total. The molecule has 3 aromatic rings. The summed E-state index contributed by atoms with van der Waals surface area (Å²) >= 11 is 0. The maximum absolute atomic E-state index is 13.0. The molecular formula is C21H22N4O5S2. The lowest BCUT2D eigenvalue weighted by Crippen LogP contribution is -2.49. The first-order valence-electron chi connectivity index (χ1n) is 9.89. The Labute approximate surface area is 187 Å². The highest BCUT2D eigenvalue weighted by Gasteiger charge is 2.29. The Kier molecular flexibility index (Phi) is 6.13. The standard InChI is InChI=1S/C21H22N4O5S2/c1-17-3-7-20(8-4-17)32(28,29)30-18-5-9-19(10-6-18)31(26,27)25-15-13-24(14-16-25)21-22-11-2-12-23-21/h2-12H,13-16H2,1H3. The summed E-state index contributed by atoms with van der Waals surface area (Å²) in [4.78, 5) is 10.4. The van der Waals surface area contributed by atoms with Gasteiger partial charge in [-0.15, -0.1) is 0 Å². The SMILES string of the molecule is Cc1ccc(S(=O)(=O)Oc2ccc(S(=O)(=O)N3CCN(c4ncccn4)CC3)cc2)cc1. The quantitative estimate of drug-likeness (QED) is 0.500. The minimum atomic E-state index is -4.01. The maximum atomic E-state index is 13.0. The highest BCUT2D eigenvalue weighted by molar-refractivity contribution is 7.89. The Balaban J connectivity index is 1.43. The van der Waals surface area contributed by atoms with E-state index in [1.54, 1.807) is 30.6 Å². The summed E-state index contributed by atoms with van der Waals surface area (Å²) in [7, 11) is -7.73. The highest BCUT2D eigenvalue weighted by atomic mass is 32.2. The van der Waals surface area contributed by atoms with E-state index in [1.807, 2.05) is 11.8 Å². The van der Waals surface area contributed by atoms with E-state index in [9.17, 15) is 16.8 Å². The van der Waals surface area contributed by atoms with E-state index in [1.165, 1.54) is 40.7 Å². The van der Waals surface area contributed by atoms with Crippen molar-refractivity contribution in [2.45, 2.75) is 16.7 Å². The van der Waals surface area contributed by atoms with Gasteiger partial charge in [-0.05, 0) is 49.4 Å². The van der Waals surface area contributed by atoms with Crippen LogP contribution < -0.4 is 9.08 Å². The number of anilines is 1. The van der Waals surface area contributed by atoms with Crippen molar-refractivity contribution in [2.24, 2.45) is 0 Å². The lowest BCUT2D eigenvalue weighted by Gasteiger charge is -2.33. The predicted molar refractivity (Wildman–Crippen MR) is 118 cm³/mol. The summed E-state index contributed by atoms with van der Waals surface area (Å²) in [6.45, 7) is 3.38. The topological polar surface area (TPSA) is 110 Å². The largest absolute Gasteiger partial charge is 0.379 e. The van der Waals surface area contributed by atoms with Gasteiger partial charge in [-0.3, -0.25) is 0 Å². The molecule has 0 atom stereocenters. The van der Waals surface area contributed by atoms with E-state index >= 15 is 0 Å². The summed E-state index contributed by atoms with van der Waals surface area (Å²) in [5.74, 6) is 0.608. The van der Waals surface area contributed by atoms with Crippen LogP contribution in [0.1, 0.15) is 5.56 Å². The normalized spacial score (nSPS) is 15.5. The average molecular weight is 475 g/mol. The Morgan fingerprint density at radius 3 is 1.94 bits per heavy atom. The van der Waals surface area contributed by atoms with E-state index in [4.69, 9.17) is 4.18 Å². The number of benzene rings is 2. The van der Waals surface area contributed by atoms with Crippen LogP contribution in [-0.2, 0) is 20.1 Å². The molecule has 2 heterocycles. The number of piperazine rings is 1. The van der Waals surface area contributed by atoms with Crippen molar-refractivity contribution < 1.29 is 21.0 Å². The van der Waals surface area contributed by atoms with Crippen molar-refractivity contribution in [3.8, 4) is 5.75 Å². The van der Waals surface area contributed by atoms with E-state index in [2.05, 4.69) is 9.97 Å². The minimum absolute atomic E-state index is 0.0278. The van der Waals surface area contributed by atoms with Crippen molar-refractivity contribution in [3.05, 3.63) is 72.6 Å². The third kappa shape index (κ3) is 4.74. The van der Waals surface area contributed by atoms with Gasteiger partial charge in [0.15, 0.2) is 0 Å². The number of aryl methyl sites for hydroxylation is 1. The summed E-state index contributed by atoms with van der Waals surface area (Å²) in [5, 5.41) is 0. The van der Waals surface area contributed by atoms with Gasteiger partial charge in [0.2, 0.25) is 16.0 Å². The molecule has 0 aliphatic carbocycles. The molecule has 0 amide bonds. The van der Waals surface area contributed by atoms with Gasteiger partial charge in [-0.2, -0.15) is 12.7 Å². The second-order valence-corrected chi connectivity index (χ2v) is 10.7. The fourth-order valence-corrected chi connectivity index (χ4v) is 5.63. The molecule has 168 valence electrons. The number of rotatable bonds is 6. The fraction of sp³-hybridized carbons (Fsp3) is 0.238.